The molecule has 0 saturated heterocycles. The lowest BCUT2D eigenvalue weighted by atomic mass is 10.2. The van der Waals surface area contributed by atoms with E-state index in [9.17, 15) is 4.79 Å². The smallest absolute Gasteiger partial charge is 0.333 e. The van der Waals surface area contributed by atoms with Gasteiger partial charge < -0.3 is 10.1 Å². The summed E-state index contributed by atoms with van der Waals surface area (Å²) in [5, 5.41) is 4.79. The van der Waals surface area contributed by atoms with E-state index in [1.165, 1.54) is 11.8 Å². The van der Waals surface area contributed by atoms with Gasteiger partial charge in [0.15, 0.2) is 0 Å². The Labute approximate surface area is 137 Å². The van der Waals surface area contributed by atoms with Crippen LogP contribution in [0.15, 0.2) is 46.2 Å². The van der Waals surface area contributed by atoms with Crippen LogP contribution in [0.5, 0.6) is 11.5 Å². The summed E-state index contributed by atoms with van der Waals surface area (Å²) < 4.78 is 5.87. The molecule has 0 saturated carbocycles. The molecule has 22 heavy (non-hydrogen) atoms. The molecule has 0 unspecified atom stereocenters. The van der Waals surface area contributed by atoms with Crippen molar-refractivity contribution in [3.63, 3.8) is 0 Å². The quantitative estimate of drug-likeness (QED) is 0.689. The van der Waals surface area contributed by atoms with Crippen molar-refractivity contribution >= 4 is 35.1 Å². The van der Waals surface area contributed by atoms with E-state index in [2.05, 4.69) is 10.7 Å². The predicted octanol–water partition coefficient (Wildman–Crippen LogP) is 4.20. The number of anilines is 1. The lowest BCUT2D eigenvalue weighted by molar-refractivity contribution is 0.224. The van der Waals surface area contributed by atoms with Crippen LogP contribution in [0, 0.1) is 0 Å². The zero-order chi connectivity index (χ0) is 15.7. The van der Waals surface area contributed by atoms with Gasteiger partial charge in [-0.3, -0.25) is 5.43 Å². The second-order valence-electron chi connectivity index (χ2n) is 4.86. The molecule has 1 heterocycles. The first-order valence-corrected chi connectivity index (χ1v) is 7.76. The van der Waals surface area contributed by atoms with E-state index >= 15 is 0 Å². The number of fused-ring (bicyclic) bond motifs is 2. The van der Waals surface area contributed by atoms with E-state index in [-0.39, 0.29) is 6.03 Å². The van der Waals surface area contributed by atoms with E-state index < -0.39 is 0 Å². The van der Waals surface area contributed by atoms with Gasteiger partial charge in [-0.1, -0.05) is 35.5 Å². The van der Waals surface area contributed by atoms with Crippen LogP contribution in [0.4, 0.5) is 10.5 Å². The highest BCUT2D eigenvalue weighted by Crippen LogP contribution is 2.51. The van der Waals surface area contributed by atoms with Gasteiger partial charge in [-0.15, -0.1) is 0 Å². The maximum Gasteiger partial charge on any atom is 0.333 e. The number of rotatable bonds is 2. The summed E-state index contributed by atoms with van der Waals surface area (Å²) in [6, 6.07) is 10.9. The van der Waals surface area contributed by atoms with E-state index in [0.29, 0.717) is 16.5 Å². The Balaban J connectivity index is 1.94. The minimum atomic E-state index is -0.361. The van der Waals surface area contributed by atoms with E-state index in [4.69, 9.17) is 16.3 Å². The standard InChI is InChI=1S/C15H14ClN3O2S/c1-19(2)18-15(20)17-13-9(16)7-8-11-14(13)22-12-6-4-3-5-10(12)21-11/h3-8H,1-2H3,(H2,17,18,20). The first-order valence-electron chi connectivity index (χ1n) is 6.57. The number of benzene rings is 2. The number of para-hydroxylation sites is 1. The zero-order valence-electron chi connectivity index (χ0n) is 12.0. The third kappa shape index (κ3) is 2.99. The number of carbonyl (C=O) groups excluding carboxylic acids is 1. The average molecular weight is 336 g/mol. The molecule has 2 aromatic rings. The van der Waals surface area contributed by atoms with Crippen LogP contribution in [0.3, 0.4) is 0 Å². The molecular formula is C15H14ClN3O2S. The van der Waals surface area contributed by atoms with Crippen molar-refractivity contribution in [2.45, 2.75) is 9.79 Å². The van der Waals surface area contributed by atoms with Crippen molar-refractivity contribution in [1.29, 1.82) is 0 Å². The highest BCUT2D eigenvalue weighted by Gasteiger charge is 2.23. The number of urea groups is 1. The Morgan fingerprint density at radius 3 is 2.73 bits per heavy atom. The minimum Gasteiger partial charge on any atom is -0.455 e. The number of halogens is 1. The van der Waals surface area contributed by atoms with Gasteiger partial charge in [0.1, 0.15) is 11.5 Å². The largest absolute Gasteiger partial charge is 0.455 e. The van der Waals surface area contributed by atoms with Gasteiger partial charge in [0.25, 0.3) is 0 Å². The molecule has 0 aromatic heterocycles. The molecular weight excluding hydrogens is 322 g/mol. The van der Waals surface area contributed by atoms with Crippen molar-refractivity contribution in [2.24, 2.45) is 0 Å². The number of carbonyl (C=O) groups is 1. The third-order valence-electron chi connectivity index (χ3n) is 2.92. The van der Waals surface area contributed by atoms with Gasteiger partial charge in [-0.05, 0) is 24.3 Å². The number of nitrogens with zero attached hydrogens (tertiary/aromatic N) is 1. The predicted molar refractivity (Wildman–Crippen MR) is 87.9 cm³/mol. The van der Waals surface area contributed by atoms with Crippen LogP contribution in [0.25, 0.3) is 0 Å². The molecule has 0 spiro atoms. The molecule has 0 fully saturated rings. The highest BCUT2D eigenvalue weighted by molar-refractivity contribution is 7.99. The lowest BCUT2D eigenvalue weighted by Crippen LogP contribution is -2.39. The van der Waals surface area contributed by atoms with Crippen molar-refractivity contribution in [3.8, 4) is 11.5 Å². The molecule has 0 aliphatic carbocycles. The van der Waals surface area contributed by atoms with Crippen molar-refractivity contribution < 1.29 is 9.53 Å². The molecule has 2 aromatic carbocycles. The summed E-state index contributed by atoms with van der Waals surface area (Å²) in [5.41, 5.74) is 3.16. The fraction of sp³-hybridized carbons (Fsp3) is 0.133. The maximum atomic E-state index is 11.9. The Morgan fingerprint density at radius 2 is 1.95 bits per heavy atom. The molecule has 3 rings (SSSR count). The SMILES string of the molecule is CN(C)NC(=O)Nc1c(Cl)ccc2c1Sc1ccccc1O2. The first-order chi connectivity index (χ1) is 10.5. The topological polar surface area (TPSA) is 53.6 Å². The molecule has 1 aliphatic heterocycles. The second-order valence-corrected chi connectivity index (χ2v) is 6.32. The Morgan fingerprint density at radius 1 is 1.18 bits per heavy atom. The van der Waals surface area contributed by atoms with Crippen molar-refractivity contribution in [2.75, 3.05) is 19.4 Å². The molecule has 1 aliphatic rings. The molecule has 0 bridgehead atoms. The van der Waals surface area contributed by atoms with Crippen LogP contribution < -0.4 is 15.5 Å². The third-order valence-corrected chi connectivity index (χ3v) is 4.40. The number of hydrazine groups is 1. The Bertz CT molecular complexity index is 737. The summed E-state index contributed by atoms with van der Waals surface area (Å²) in [4.78, 5) is 13.7. The molecule has 2 N–H and O–H groups in total. The number of hydrogen-bond donors (Lipinski definition) is 2. The van der Waals surface area contributed by atoms with Gasteiger partial charge in [0.05, 0.1) is 20.5 Å². The van der Waals surface area contributed by atoms with Crippen LogP contribution in [0.1, 0.15) is 0 Å². The van der Waals surface area contributed by atoms with Gasteiger partial charge in [-0.25, -0.2) is 9.80 Å². The molecule has 0 radical (unpaired) electrons. The van der Waals surface area contributed by atoms with E-state index in [0.717, 1.165) is 15.5 Å². The van der Waals surface area contributed by atoms with Gasteiger partial charge in [-0.2, -0.15) is 0 Å². The molecule has 114 valence electrons. The average Bonchev–Trinajstić information content (AvgIpc) is 2.48. The monoisotopic (exact) mass is 335 g/mol. The minimum absolute atomic E-state index is 0.361. The Kier molecular flexibility index (Phi) is 4.15. The number of nitrogens with one attached hydrogen (secondary N) is 2. The highest BCUT2D eigenvalue weighted by atomic mass is 35.5. The molecule has 2 amide bonds. The summed E-state index contributed by atoms with van der Waals surface area (Å²) in [6.45, 7) is 0. The first kappa shape index (κ1) is 15.0. The maximum absolute atomic E-state index is 11.9. The zero-order valence-corrected chi connectivity index (χ0v) is 13.6. The van der Waals surface area contributed by atoms with E-state index in [1.807, 2.05) is 24.3 Å². The van der Waals surface area contributed by atoms with Crippen LogP contribution in [-0.2, 0) is 0 Å². The second kappa shape index (κ2) is 6.08. The van der Waals surface area contributed by atoms with Gasteiger partial charge >= 0.3 is 6.03 Å². The number of hydrogen-bond acceptors (Lipinski definition) is 4. The Hall–Kier alpha value is -1.89. The fourth-order valence-corrected chi connectivity index (χ4v) is 3.34. The summed E-state index contributed by atoms with van der Waals surface area (Å²) >= 11 is 7.76. The summed E-state index contributed by atoms with van der Waals surface area (Å²) in [7, 11) is 3.46. The molecule has 0 atom stereocenters. The van der Waals surface area contributed by atoms with E-state index in [1.54, 1.807) is 31.2 Å². The molecule has 7 heteroatoms. The van der Waals surface area contributed by atoms with Crippen molar-refractivity contribution in [1.82, 2.24) is 10.4 Å². The number of ether oxygens (including phenoxy) is 1. The normalized spacial score (nSPS) is 12.2. The van der Waals surface area contributed by atoms with Gasteiger partial charge in [0, 0.05) is 14.1 Å². The van der Waals surface area contributed by atoms with Crippen LogP contribution >= 0.6 is 23.4 Å². The van der Waals surface area contributed by atoms with Crippen molar-refractivity contribution in [3.05, 3.63) is 41.4 Å². The summed E-state index contributed by atoms with van der Waals surface area (Å²) in [6.07, 6.45) is 0. The van der Waals surface area contributed by atoms with Crippen LogP contribution in [-0.4, -0.2) is 25.1 Å². The number of amides is 2. The fourth-order valence-electron chi connectivity index (χ4n) is 2.03. The van der Waals surface area contributed by atoms with Gasteiger partial charge in [0.2, 0.25) is 0 Å². The van der Waals surface area contributed by atoms with Crippen LogP contribution in [0.2, 0.25) is 5.02 Å². The lowest BCUT2D eigenvalue weighted by Gasteiger charge is -2.23. The molecule has 5 nitrogen and oxygen atoms in total. The summed E-state index contributed by atoms with van der Waals surface area (Å²) in [5.74, 6) is 1.47.